The summed E-state index contributed by atoms with van der Waals surface area (Å²) >= 11 is 0. The molecule has 0 aromatic carbocycles. The quantitative estimate of drug-likeness (QED) is 0.671. The monoisotopic (exact) mass is 342 g/mol. The minimum atomic E-state index is -3.07. The molecular weight excluding hydrogens is 322 g/mol. The van der Waals surface area contributed by atoms with Crippen LogP contribution in [0, 0.1) is 0 Å². The van der Waals surface area contributed by atoms with E-state index in [1.165, 1.54) is 12.1 Å². The Hall–Kier alpha value is -2.51. The van der Waals surface area contributed by atoms with E-state index in [4.69, 9.17) is 4.74 Å². The molecule has 0 saturated carbocycles. The lowest BCUT2D eigenvalue weighted by Gasteiger charge is -2.20. The molecule has 1 heterocycles. The molecule has 8 heteroatoms. The fourth-order valence-electron chi connectivity index (χ4n) is 1.59. The van der Waals surface area contributed by atoms with Gasteiger partial charge in [-0.05, 0) is 38.5 Å². The van der Waals surface area contributed by atoms with Gasteiger partial charge in [-0.25, -0.2) is 9.59 Å². The maximum Gasteiger partial charge on any atom is 0.412 e. The Morgan fingerprint density at radius 2 is 1.83 bits per heavy atom. The number of methoxy groups -OCH3 is 1. The fourth-order valence-corrected chi connectivity index (χ4v) is 1.59. The molecule has 24 heavy (non-hydrogen) atoms. The van der Waals surface area contributed by atoms with Crippen molar-refractivity contribution >= 4 is 18.1 Å². The van der Waals surface area contributed by atoms with Gasteiger partial charge in [0.25, 0.3) is 5.92 Å². The molecular formula is C16H20F2N2O4. The van der Waals surface area contributed by atoms with Crippen molar-refractivity contribution < 1.29 is 27.8 Å². The molecule has 6 nitrogen and oxygen atoms in total. The Morgan fingerprint density at radius 3 is 2.25 bits per heavy atom. The Kier molecular flexibility index (Phi) is 6.00. The molecule has 1 rings (SSSR count). The molecule has 0 fully saturated rings. The number of hydrogen-bond acceptors (Lipinski definition) is 5. The van der Waals surface area contributed by atoms with Gasteiger partial charge in [0.05, 0.1) is 7.11 Å². The number of nitrogens with one attached hydrogen (secondary N) is 1. The van der Waals surface area contributed by atoms with Crippen LogP contribution in [0.2, 0.25) is 0 Å². The summed E-state index contributed by atoms with van der Waals surface area (Å²) in [5.41, 5.74) is -1.02. The van der Waals surface area contributed by atoms with Gasteiger partial charge < -0.3 is 9.47 Å². The maximum atomic E-state index is 13.1. The molecule has 1 aromatic heterocycles. The zero-order valence-corrected chi connectivity index (χ0v) is 14.1. The maximum absolute atomic E-state index is 13.1. The minimum absolute atomic E-state index is 0.204. The van der Waals surface area contributed by atoms with E-state index in [2.05, 4.69) is 15.0 Å². The van der Waals surface area contributed by atoms with Crippen molar-refractivity contribution in [3.8, 4) is 0 Å². The molecule has 0 bridgehead atoms. The first-order valence-electron chi connectivity index (χ1n) is 7.07. The van der Waals surface area contributed by atoms with Crippen molar-refractivity contribution in [2.24, 2.45) is 0 Å². The third-order valence-electron chi connectivity index (χ3n) is 2.59. The molecule has 1 amide bonds. The zero-order chi connectivity index (χ0) is 18.5. The van der Waals surface area contributed by atoms with E-state index in [1.807, 2.05) is 0 Å². The molecule has 0 spiro atoms. The van der Waals surface area contributed by atoms with Gasteiger partial charge in [0.2, 0.25) is 0 Å². The number of carbonyl (C=O) groups is 2. The fraction of sp³-hybridized carbons (Fsp3) is 0.438. The van der Waals surface area contributed by atoms with E-state index >= 15 is 0 Å². The lowest BCUT2D eigenvalue weighted by molar-refractivity contribution is -0.136. The summed E-state index contributed by atoms with van der Waals surface area (Å²) in [6.07, 6.45) is 1.57. The number of esters is 1. The molecule has 0 aliphatic heterocycles. The molecule has 0 unspecified atom stereocenters. The average molecular weight is 342 g/mol. The van der Waals surface area contributed by atoms with Crippen LogP contribution in [-0.4, -0.2) is 29.8 Å². The van der Waals surface area contributed by atoms with Crippen LogP contribution in [-0.2, 0) is 20.2 Å². The normalized spacial score (nSPS) is 12.5. The first-order chi connectivity index (χ1) is 10.9. The lowest BCUT2D eigenvalue weighted by Crippen LogP contribution is -2.34. The lowest BCUT2D eigenvalue weighted by atomic mass is 10.2. The number of alkyl halides is 2. The number of carbonyl (C=O) groups excluding carboxylic acids is 2. The second-order valence-corrected chi connectivity index (χ2v) is 6.04. The van der Waals surface area contributed by atoms with E-state index in [-0.39, 0.29) is 5.70 Å². The predicted molar refractivity (Wildman–Crippen MR) is 83.2 cm³/mol. The van der Waals surface area contributed by atoms with Crippen LogP contribution < -0.4 is 5.32 Å². The third kappa shape index (κ3) is 6.31. The topological polar surface area (TPSA) is 77.5 Å². The number of nitrogens with zero attached hydrogens (tertiary/aromatic N) is 1. The molecule has 1 aromatic rings. The summed E-state index contributed by atoms with van der Waals surface area (Å²) in [6, 6.07) is 2.48. The molecule has 0 saturated heterocycles. The minimum Gasteiger partial charge on any atom is -0.464 e. The highest BCUT2D eigenvalue weighted by atomic mass is 19.3. The Morgan fingerprint density at radius 1 is 1.21 bits per heavy atom. The summed E-state index contributed by atoms with van der Waals surface area (Å²) in [7, 11) is 1.14. The Balaban J connectivity index is 3.02. The zero-order valence-electron chi connectivity index (χ0n) is 14.1. The first-order valence-corrected chi connectivity index (χ1v) is 7.07. The van der Waals surface area contributed by atoms with E-state index in [0.717, 1.165) is 26.3 Å². The van der Waals surface area contributed by atoms with Crippen molar-refractivity contribution in [2.45, 2.75) is 39.2 Å². The molecule has 0 aliphatic carbocycles. The van der Waals surface area contributed by atoms with Gasteiger partial charge in [-0.2, -0.15) is 8.78 Å². The van der Waals surface area contributed by atoms with Gasteiger partial charge in [-0.3, -0.25) is 10.3 Å². The Bertz CT molecular complexity index is 629. The third-order valence-corrected chi connectivity index (χ3v) is 2.59. The first kappa shape index (κ1) is 19.5. The highest BCUT2D eigenvalue weighted by Gasteiger charge is 2.25. The molecule has 1 N–H and O–H groups in total. The van der Waals surface area contributed by atoms with Crippen LogP contribution >= 0.6 is 0 Å². The SMILES string of the molecule is COC(=O)/C(=C\c1ccc(C(C)(F)F)nc1)NC(=O)OC(C)(C)C. The van der Waals surface area contributed by atoms with Gasteiger partial charge in [0.15, 0.2) is 0 Å². The van der Waals surface area contributed by atoms with Crippen molar-refractivity contribution in [2.75, 3.05) is 7.11 Å². The van der Waals surface area contributed by atoms with Gasteiger partial charge in [-0.15, -0.1) is 0 Å². The number of rotatable bonds is 4. The summed E-state index contributed by atoms with van der Waals surface area (Å²) < 4.78 is 35.9. The standard InChI is InChI=1S/C16H20F2N2O4/c1-15(2,3)24-14(22)20-11(13(21)23-5)8-10-6-7-12(19-9-10)16(4,17)18/h6-9H,1-5H3,(H,20,22)/b11-8+. The smallest absolute Gasteiger partial charge is 0.412 e. The van der Waals surface area contributed by atoms with Crippen LogP contribution in [0.1, 0.15) is 39.0 Å². The number of amides is 1. The van der Waals surface area contributed by atoms with Crippen LogP contribution in [0.3, 0.4) is 0 Å². The number of halogens is 2. The number of ether oxygens (including phenoxy) is 2. The molecule has 0 atom stereocenters. The van der Waals surface area contributed by atoms with Crippen molar-refractivity contribution in [1.82, 2.24) is 10.3 Å². The highest BCUT2D eigenvalue weighted by Crippen LogP contribution is 2.25. The second-order valence-electron chi connectivity index (χ2n) is 6.04. The van der Waals surface area contributed by atoms with Crippen LogP contribution in [0.15, 0.2) is 24.0 Å². The molecule has 132 valence electrons. The van der Waals surface area contributed by atoms with Crippen LogP contribution in [0.5, 0.6) is 0 Å². The van der Waals surface area contributed by atoms with Gasteiger partial charge in [0, 0.05) is 13.1 Å². The number of aromatic nitrogens is 1. The predicted octanol–water partition coefficient (Wildman–Crippen LogP) is 3.23. The van der Waals surface area contributed by atoms with E-state index in [0.29, 0.717) is 5.56 Å². The molecule has 0 radical (unpaired) electrons. The van der Waals surface area contributed by atoms with Crippen LogP contribution in [0.4, 0.5) is 13.6 Å². The highest BCUT2D eigenvalue weighted by molar-refractivity contribution is 5.96. The second kappa shape index (κ2) is 7.37. The van der Waals surface area contributed by atoms with Gasteiger partial charge >= 0.3 is 12.1 Å². The Labute approximate surface area is 138 Å². The number of alkyl carbamates (subject to hydrolysis) is 1. The van der Waals surface area contributed by atoms with Gasteiger partial charge in [0.1, 0.15) is 17.0 Å². The van der Waals surface area contributed by atoms with E-state index < -0.39 is 29.3 Å². The van der Waals surface area contributed by atoms with Crippen molar-refractivity contribution in [3.63, 3.8) is 0 Å². The summed E-state index contributed by atoms with van der Waals surface area (Å²) in [5.74, 6) is -3.88. The number of pyridine rings is 1. The van der Waals surface area contributed by atoms with Crippen molar-refractivity contribution in [1.29, 1.82) is 0 Å². The summed E-state index contributed by atoms with van der Waals surface area (Å²) in [6.45, 7) is 5.74. The molecule has 0 aliphatic rings. The van der Waals surface area contributed by atoms with E-state index in [1.54, 1.807) is 20.8 Å². The summed E-state index contributed by atoms with van der Waals surface area (Å²) in [4.78, 5) is 27.1. The van der Waals surface area contributed by atoms with Gasteiger partial charge in [-0.1, -0.05) is 6.07 Å². The average Bonchev–Trinajstić information content (AvgIpc) is 2.43. The van der Waals surface area contributed by atoms with Crippen molar-refractivity contribution in [3.05, 3.63) is 35.3 Å². The summed E-state index contributed by atoms with van der Waals surface area (Å²) in [5, 5.41) is 2.27. The largest absolute Gasteiger partial charge is 0.464 e. The van der Waals surface area contributed by atoms with E-state index in [9.17, 15) is 18.4 Å². The van der Waals surface area contributed by atoms with Crippen LogP contribution in [0.25, 0.3) is 6.08 Å². The number of hydrogen-bond donors (Lipinski definition) is 1.